The van der Waals surface area contributed by atoms with Crippen molar-refractivity contribution in [2.45, 2.75) is 13.5 Å². The molecule has 0 aliphatic rings. The van der Waals surface area contributed by atoms with Crippen molar-refractivity contribution in [3.05, 3.63) is 65.9 Å². The van der Waals surface area contributed by atoms with Gasteiger partial charge < -0.3 is 5.73 Å². The first-order valence-electron chi connectivity index (χ1n) is 6.43. The fraction of sp³-hybridized carbons (Fsp3) is 0.118. The van der Waals surface area contributed by atoms with Gasteiger partial charge in [0.2, 0.25) is 0 Å². The van der Waals surface area contributed by atoms with Gasteiger partial charge in [-0.1, -0.05) is 30.3 Å². The maximum absolute atomic E-state index is 5.69. The number of aryl methyl sites for hydroxylation is 1. The van der Waals surface area contributed by atoms with Gasteiger partial charge in [0.1, 0.15) is 0 Å². The topological polar surface area (TPSA) is 38.9 Å². The van der Waals surface area contributed by atoms with Gasteiger partial charge in [-0.15, -0.1) is 0 Å². The number of hydrogen-bond donors (Lipinski definition) is 1. The lowest BCUT2D eigenvalue weighted by molar-refractivity contribution is 1.07. The van der Waals surface area contributed by atoms with Gasteiger partial charge in [0.15, 0.2) is 0 Å². The zero-order valence-corrected chi connectivity index (χ0v) is 10.9. The van der Waals surface area contributed by atoms with Gasteiger partial charge >= 0.3 is 0 Å². The van der Waals surface area contributed by atoms with E-state index in [9.17, 15) is 0 Å². The zero-order chi connectivity index (χ0) is 13.2. The monoisotopic (exact) mass is 248 g/mol. The van der Waals surface area contributed by atoms with Crippen molar-refractivity contribution < 1.29 is 0 Å². The van der Waals surface area contributed by atoms with E-state index in [0.717, 1.165) is 22.0 Å². The van der Waals surface area contributed by atoms with Gasteiger partial charge in [-0.25, -0.2) is 0 Å². The summed E-state index contributed by atoms with van der Waals surface area (Å²) in [5.41, 5.74) is 11.5. The highest BCUT2D eigenvalue weighted by molar-refractivity contribution is 5.84. The predicted octanol–water partition coefficient (Wildman–Crippen LogP) is 3.67. The number of nitrogens with zero attached hydrogens (tertiary/aromatic N) is 1. The molecule has 3 rings (SSSR count). The van der Waals surface area contributed by atoms with Crippen molar-refractivity contribution in [3.8, 4) is 11.1 Å². The molecular formula is C17H16N2. The lowest BCUT2D eigenvalue weighted by Gasteiger charge is -2.07. The van der Waals surface area contributed by atoms with Crippen molar-refractivity contribution in [2.24, 2.45) is 5.73 Å². The second kappa shape index (κ2) is 4.82. The Morgan fingerprint density at radius 3 is 2.68 bits per heavy atom. The molecule has 94 valence electrons. The number of aromatic nitrogens is 1. The Labute approximate surface area is 112 Å². The Hall–Kier alpha value is -2.19. The summed E-state index contributed by atoms with van der Waals surface area (Å²) >= 11 is 0. The summed E-state index contributed by atoms with van der Waals surface area (Å²) < 4.78 is 0. The highest BCUT2D eigenvalue weighted by Gasteiger charge is 2.03. The molecular weight excluding hydrogens is 232 g/mol. The molecule has 0 spiro atoms. The van der Waals surface area contributed by atoms with Crippen LogP contribution in [0.2, 0.25) is 0 Å². The van der Waals surface area contributed by atoms with Crippen LogP contribution in [0.25, 0.3) is 22.0 Å². The third-order valence-electron chi connectivity index (χ3n) is 3.44. The predicted molar refractivity (Wildman–Crippen MR) is 79.8 cm³/mol. The summed E-state index contributed by atoms with van der Waals surface area (Å²) in [4.78, 5) is 4.53. The molecule has 0 saturated carbocycles. The molecule has 0 unspecified atom stereocenters. The van der Waals surface area contributed by atoms with Crippen LogP contribution in [0, 0.1) is 6.92 Å². The molecule has 0 bridgehead atoms. The van der Waals surface area contributed by atoms with Gasteiger partial charge in [-0.3, -0.25) is 4.98 Å². The Morgan fingerprint density at radius 2 is 1.89 bits per heavy atom. The van der Waals surface area contributed by atoms with Crippen LogP contribution in [0.4, 0.5) is 0 Å². The van der Waals surface area contributed by atoms with E-state index < -0.39 is 0 Å². The van der Waals surface area contributed by atoms with E-state index in [-0.39, 0.29) is 0 Å². The fourth-order valence-electron chi connectivity index (χ4n) is 2.35. The molecule has 0 saturated heterocycles. The standard InChI is InChI=1S/C17H16N2/c1-12-4-2-3-5-16(12)15-9-14-8-13(10-18)6-7-17(14)19-11-15/h2-9,11H,10,18H2,1H3. The van der Waals surface area contributed by atoms with Crippen molar-refractivity contribution in [1.82, 2.24) is 4.98 Å². The summed E-state index contributed by atoms with van der Waals surface area (Å²) in [5.74, 6) is 0. The molecule has 0 radical (unpaired) electrons. The molecule has 2 N–H and O–H groups in total. The maximum atomic E-state index is 5.69. The van der Waals surface area contributed by atoms with E-state index in [2.05, 4.69) is 48.3 Å². The SMILES string of the molecule is Cc1ccccc1-c1cnc2ccc(CN)cc2c1. The second-order valence-electron chi connectivity index (χ2n) is 4.77. The van der Waals surface area contributed by atoms with Crippen LogP contribution in [0.1, 0.15) is 11.1 Å². The molecule has 1 aromatic heterocycles. The summed E-state index contributed by atoms with van der Waals surface area (Å²) in [7, 11) is 0. The van der Waals surface area contributed by atoms with Crippen LogP contribution < -0.4 is 5.73 Å². The first kappa shape index (κ1) is 11.9. The van der Waals surface area contributed by atoms with Crippen molar-refractivity contribution >= 4 is 10.9 Å². The molecule has 1 heterocycles. The highest BCUT2D eigenvalue weighted by atomic mass is 14.6. The van der Waals surface area contributed by atoms with Crippen molar-refractivity contribution in [2.75, 3.05) is 0 Å². The van der Waals surface area contributed by atoms with Crippen LogP contribution >= 0.6 is 0 Å². The van der Waals surface area contributed by atoms with E-state index in [0.29, 0.717) is 6.54 Å². The summed E-state index contributed by atoms with van der Waals surface area (Å²) in [5, 5.41) is 1.14. The van der Waals surface area contributed by atoms with Crippen LogP contribution in [-0.4, -0.2) is 4.98 Å². The van der Waals surface area contributed by atoms with Gasteiger partial charge in [0.25, 0.3) is 0 Å². The van der Waals surface area contributed by atoms with Crippen molar-refractivity contribution in [3.63, 3.8) is 0 Å². The molecule has 19 heavy (non-hydrogen) atoms. The van der Waals surface area contributed by atoms with Crippen molar-refractivity contribution in [1.29, 1.82) is 0 Å². The van der Waals surface area contributed by atoms with Gasteiger partial charge in [0, 0.05) is 23.7 Å². The van der Waals surface area contributed by atoms with Crippen LogP contribution in [0.3, 0.4) is 0 Å². The smallest absolute Gasteiger partial charge is 0.0702 e. The van der Waals surface area contributed by atoms with E-state index >= 15 is 0 Å². The second-order valence-corrected chi connectivity index (χ2v) is 4.77. The minimum absolute atomic E-state index is 0.560. The third-order valence-corrected chi connectivity index (χ3v) is 3.44. The molecule has 3 aromatic rings. The zero-order valence-electron chi connectivity index (χ0n) is 10.9. The van der Waals surface area contributed by atoms with E-state index in [1.807, 2.05) is 18.3 Å². The van der Waals surface area contributed by atoms with E-state index in [1.54, 1.807) is 0 Å². The fourth-order valence-corrected chi connectivity index (χ4v) is 2.35. The molecule has 2 aromatic carbocycles. The number of benzene rings is 2. The van der Waals surface area contributed by atoms with E-state index in [4.69, 9.17) is 5.73 Å². The largest absolute Gasteiger partial charge is 0.326 e. The van der Waals surface area contributed by atoms with E-state index in [1.165, 1.54) is 11.1 Å². The minimum Gasteiger partial charge on any atom is -0.326 e. The number of fused-ring (bicyclic) bond motifs is 1. The Balaban J connectivity index is 2.18. The van der Waals surface area contributed by atoms with Crippen LogP contribution in [-0.2, 0) is 6.54 Å². The number of nitrogens with two attached hydrogens (primary N) is 1. The van der Waals surface area contributed by atoms with Gasteiger partial charge in [-0.05, 0) is 41.8 Å². The number of hydrogen-bond acceptors (Lipinski definition) is 2. The summed E-state index contributed by atoms with van der Waals surface area (Å²) in [6.07, 6.45) is 1.94. The number of rotatable bonds is 2. The number of pyridine rings is 1. The highest BCUT2D eigenvalue weighted by Crippen LogP contribution is 2.25. The lowest BCUT2D eigenvalue weighted by atomic mass is 10.0. The quantitative estimate of drug-likeness (QED) is 0.751. The Morgan fingerprint density at radius 1 is 1.05 bits per heavy atom. The van der Waals surface area contributed by atoms with Crippen LogP contribution in [0.5, 0.6) is 0 Å². The van der Waals surface area contributed by atoms with Gasteiger partial charge in [0.05, 0.1) is 5.52 Å². The maximum Gasteiger partial charge on any atom is 0.0702 e. The normalized spacial score (nSPS) is 10.8. The lowest BCUT2D eigenvalue weighted by Crippen LogP contribution is -1.96. The molecule has 0 aliphatic carbocycles. The average molecular weight is 248 g/mol. The Kier molecular flexibility index (Phi) is 3.02. The van der Waals surface area contributed by atoms with Gasteiger partial charge in [-0.2, -0.15) is 0 Å². The summed E-state index contributed by atoms with van der Waals surface area (Å²) in [6, 6.07) is 16.7. The van der Waals surface area contributed by atoms with Crippen LogP contribution in [0.15, 0.2) is 54.7 Å². The third kappa shape index (κ3) is 2.23. The first-order chi connectivity index (χ1) is 9.28. The molecule has 0 aliphatic heterocycles. The Bertz CT molecular complexity index is 732. The minimum atomic E-state index is 0.560. The molecule has 0 atom stereocenters. The molecule has 0 amide bonds. The first-order valence-corrected chi connectivity index (χ1v) is 6.43. The molecule has 2 nitrogen and oxygen atoms in total. The molecule has 2 heteroatoms. The molecule has 0 fully saturated rings. The average Bonchev–Trinajstić information content (AvgIpc) is 2.46. The summed E-state index contributed by atoms with van der Waals surface area (Å²) in [6.45, 7) is 2.68.